The van der Waals surface area contributed by atoms with Crippen molar-refractivity contribution in [1.29, 1.82) is 0 Å². The summed E-state index contributed by atoms with van der Waals surface area (Å²) in [7, 11) is 0. The molecule has 2 atom stereocenters. The molecule has 0 aromatic rings. The summed E-state index contributed by atoms with van der Waals surface area (Å²) in [5.74, 6) is 0. The van der Waals surface area contributed by atoms with Crippen LogP contribution < -0.4 is 0 Å². The fourth-order valence-electron chi connectivity index (χ4n) is 0.589. The average Bonchev–Trinajstić information content (AvgIpc) is 1.87. The summed E-state index contributed by atoms with van der Waals surface area (Å²) in [6.07, 6.45) is 2.73. The van der Waals surface area contributed by atoms with Gasteiger partial charge in [0.2, 0.25) is 0 Å². The van der Waals surface area contributed by atoms with Crippen LogP contribution in [0, 0.1) is 0 Å². The van der Waals surface area contributed by atoms with Crippen LogP contribution in [0.3, 0.4) is 0 Å². The van der Waals surface area contributed by atoms with E-state index >= 15 is 0 Å². The second-order valence-electron chi connectivity index (χ2n) is 2.57. The van der Waals surface area contributed by atoms with Crippen molar-refractivity contribution in [2.45, 2.75) is 50.2 Å². The Morgan fingerprint density at radius 2 is 1.33 bits per heavy atom. The molecular weight excluding hydrogens is 175 g/mol. The van der Waals surface area contributed by atoms with E-state index in [0.29, 0.717) is 0 Å². The number of hydrogen-bond donors (Lipinski definition) is 0. The van der Waals surface area contributed by atoms with Crippen molar-refractivity contribution < 1.29 is 0 Å². The first kappa shape index (κ1) is 9.52. The van der Waals surface area contributed by atoms with Gasteiger partial charge in [-0.1, -0.05) is 0 Å². The Kier molecular flexibility index (Phi) is 5.62. The van der Waals surface area contributed by atoms with E-state index in [1.165, 1.54) is 12.8 Å². The van der Waals surface area contributed by atoms with E-state index < -0.39 is 0 Å². The van der Waals surface area contributed by atoms with Crippen molar-refractivity contribution in [1.82, 2.24) is 0 Å². The molecule has 2 unspecified atom stereocenters. The molecule has 0 rings (SSSR count). The maximum absolute atomic E-state index is 2.37. The summed E-state index contributed by atoms with van der Waals surface area (Å²) < 4.78 is 0. The summed E-state index contributed by atoms with van der Waals surface area (Å²) in [6, 6.07) is 0. The van der Waals surface area contributed by atoms with Crippen LogP contribution in [0.5, 0.6) is 0 Å². The second-order valence-corrected chi connectivity index (χ2v) is 6.52. The first-order valence-electron chi connectivity index (χ1n) is 3.86. The van der Waals surface area contributed by atoms with Crippen LogP contribution in [0.4, 0.5) is 0 Å². The van der Waals surface area contributed by atoms with Crippen LogP contribution in [-0.2, 0) is 0 Å². The summed E-state index contributed by atoms with van der Waals surface area (Å²) in [4.78, 5) is 1.99. The van der Waals surface area contributed by atoms with Crippen LogP contribution in [0.2, 0.25) is 9.63 Å². The predicted octanol–water partition coefficient (Wildman–Crippen LogP) is 3.13. The van der Waals surface area contributed by atoms with Gasteiger partial charge in [0.1, 0.15) is 0 Å². The molecule has 9 heavy (non-hydrogen) atoms. The minimum absolute atomic E-state index is 0.892. The fraction of sp³-hybridized carbons (Fsp3) is 1.00. The third-order valence-electron chi connectivity index (χ3n) is 1.61. The first-order chi connectivity index (χ1) is 4.20. The van der Waals surface area contributed by atoms with Crippen molar-refractivity contribution in [3.8, 4) is 0 Å². The van der Waals surface area contributed by atoms with Crippen LogP contribution in [0.1, 0.15) is 40.5 Å². The minimum atomic E-state index is 0.892. The van der Waals surface area contributed by atoms with Gasteiger partial charge in [-0.25, -0.2) is 0 Å². The van der Waals surface area contributed by atoms with E-state index in [0.717, 1.165) is 24.6 Å². The van der Waals surface area contributed by atoms with Gasteiger partial charge in [0.25, 0.3) is 0 Å². The predicted molar refractivity (Wildman–Crippen MR) is 45.2 cm³/mol. The molecule has 0 fully saturated rings. The average molecular weight is 193 g/mol. The van der Waals surface area contributed by atoms with Gasteiger partial charge in [-0.15, -0.1) is 0 Å². The molecule has 0 saturated heterocycles. The third kappa shape index (κ3) is 4.99. The molecule has 0 nitrogen and oxygen atoms in total. The molecule has 0 aromatic heterocycles. The van der Waals surface area contributed by atoms with Gasteiger partial charge >= 0.3 is 65.1 Å². The van der Waals surface area contributed by atoms with E-state index in [2.05, 4.69) is 27.7 Å². The van der Waals surface area contributed by atoms with Crippen molar-refractivity contribution >= 4 is 15.0 Å². The molecule has 0 spiro atoms. The quantitative estimate of drug-likeness (QED) is 0.602. The molecule has 0 saturated carbocycles. The van der Waals surface area contributed by atoms with Gasteiger partial charge in [0.15, 0.2) is 0 Å². The topological polar surface area (TPSA) is 0 Å². The normalized spacial score (nSPS) is 17.3. The zero-order chi connectivity index (χ0) is 7.28. The van der Waals surface area contributed by atoms with Gasteiger partial charge in [0.05, 0.1) is 0 Å². The van der Waals surface area contributed by atoms with Crippen LogP contribution in [0.15, 0.2) is 0 Å². The molecule has 1 heteroatoms. The number of hydrogen-bond acceptors (Lipinski definition) is 0. The Morgan fingerprint density at radius 3 is 1.56 bits per heavy atom. The molecule has 0 amide bonds. The van der Waals surface area contributed by atoms with Gasteiger partial charge < -0.3 is 0 Å². The Labute approximate surface area is 65.6 Å². The zero-order valence-corrected chi connectivity index (χ0v) is 8.69. The fourth-order valence-corrected chi connectivity index (χ4v) is 3.06. The van der Waals surface area contributed by atoms with Gasteiger partial charge in [-0.3, -0.25) is 0 Å². The molecule has 0 N–H and O–H groups in total. The molecule has 0 bridgehead atoms. The summed E-state index contributed by atoms with van der Waals surface area (Å²) in [5.41, 5.74) is 0. The van der Waals surface area contributed by atoms with E-state index in [4.69, 9.17) is 0 Å². The molecule has 0 radical (unpaired) electrons. The second kappa shape index (κ2) is 5.32. The molecule has 56 valence electrons. The Morgan fingerprint density at radius 1 is 1.00 bits per heavy atom. The maximum atomic E-state index is 2.37. The molecule has 0 aromatic carbocycles. The molecular formula is C8H18Se. The van der Waals surface area contributed by atoms with Gasteiger partial charge in [0, 0.05) is 0 Å². The summed E-state index contributed by atoms with van der Waals surface area (Å²) in [6.45, 7) is 9.31. The van der Waals surface area contributed by atoms with Crippen molar-refractivity contribution in [3.63, 3.8) is 0 Å². The van der Waals surface area contributed by atoms with Crippen LogP contribution >= 0.6 is 0 Å². The summed E-state index contributed by atoms with van der Waals surface area (Å²) >= 11 is 0.892. The number of rotatable bonds is 4. The zero-order valence-electron chi connectivity index (χ0n) is 6.98. The Hall–Kier alpha value is 0.519. The van der Waals surface area contributed by atoms with Gasteiger partial charge in [-0.05, 0) is 0 Å². The van der Waals surface area contributed by atoms with E-state index in [1.807, 2.05) is 0 Å². The van der Waals surface area contributed by atoms with Crippen molar-refractivity contribution in [3.05, 3.63) is 0 Å². The molecule has 0 aliphatic carbocycles. The van der Waals surface area contributed by atoms with Crippen LogP contribution in [0.25, 0.3) is 0 Å². The monoisotopic (exact) mass is 194 g/mol. The van der Waals surface area contributed by atoms with Crippen LogP contribution in [-0.4, -0.2) is 15.0 Å². The van der Waals surface area contributed by atoms with E-state index in [-0.39, 0.29) is 0 Å². The SMILES string of the molecule is CCC(C)[Se]C(C)CC. The standard InChI is InChI=1S/C8H18Se/c1-5-7(3)9-8(4)6-2/h7-8H,5-6H2,1-4H3. The van der Waals surface area contributed by atoms with Crippen molar-refractivity contribution in [2.75, 3.05) is 0 Å². The van der Waals surface area contributed by atoms with E-state index in [9.17, 15) is 0 Å². The first-order valence-corrected chi connectivity index (χ1v) is 5.83. The summed E-state index contributed by atoms with van der Waals surface area (Å²) in [5, 5.41) is 0. The van der Waals surface area contributed by atoms with Gasteiger partial charge in [-0.2, -0.15) is 0 Å². The molecule has 0 aliphatic rings. The molecule has 0 heterocycles. The van der Waals surface area contributed by atoms with E-state index in [1.54, 1.807) is 0 Å². The Balaban J connectivity index is 3.22. The Bertz CT molecular complexity index is 53.6. The van der Waals surface area contributed by atoms with Crippen molar-refractivity contribution in [2.24, 2.45) is 0 Å². The third-order valence-corrected chi connectivity index (χ3v) is 4.96. The molecule has 0 aliphatic heterocycles.